The molecule has 3 unspecified atom stereocenters. The van der Waals surface area contributed by atoms with Gasteiger partial charge in [0.25, 0.3) is 0 Å². The smallest absolute Gasteiger partial charge is 0.119 e. The van der Waals surface area contributed by atoms with Crippen LogP contribution in [0.2, 0.25) is 0 Å². The molecule has 126 valence electrons. The van der Waals surface area contributed by atoms with Crippen molar-refractivity contribution in [3.8, 4) is 5.75 Å². The summed E-state index contributed by atoms with van der Waals surface area (Å²) in [4.78, 5) is 2.65. The van der Waals surface area contributed by atoms with Gasteiger partial charge in [0.05, 0.1) is 0 Å². The second-order valence-electron chi connectivity index (χ2n) is 7.15. The van der Waals surface area contributed by atoms with Gasteiger partial charge in [0, 0.05) is 38.0 Å². The number of hydrogen-bond acceptors (Lipinski definition) is 3. The molecule has 2 bridgehead atoms. The fraction of sp³-hybridized carbons (Fsp3) is 0.429. The number of hydrogen-bond donors (Lipinski definition) is 1. The van der Waals surface area contributed by atoms with Gasteiger partial charge in [-0.1, -0.05) is 42.5 Å². The van der Waals surface area contributed by atoms with Crippen LogP contribution in [0.25, 0.3) is 0 Å². The van der Waals surface area contributed by atoms with Crippen LogP contribution < -0.4 is 10.5 Å². The molecule has 3 heteroatoms. The molecule has 3 aliphatic rings. The Morgan fingerprint density at radius 2 is 1.75 bits per heavy atom. The zero-order chi connectivity index (χ0) is 16.4. The minimum atomic E-state index is 0.361. The molecule has 2 aliphatic heterocycles. The molecule has 1 saturated carbocycles. The zero-order valence-corrected chi connectivity index (χ0v) is 14.1. The Hall–Kier alpha value is -1.84. The van der Waals surface area contributed by atoms with Gasteiger partial charge < -0.3 is 10.5 Å². The van der Waals surface area contributed by atoms with Gasteiger partial charge in [0.1, 0.15) is 11.9 Å². The minimum Gasteiger partial charge on any atom is -0.490 e. The maximum atomic E-state index is 6.32. The lowest BCUT2D eigenvalue weighted by Crippen LogP contribution is -2.55. The third-order valence-electron chi connectivity index (χ3n) is 5.56. The molecular formula is C21H26N2O. The molecular weight excluding hydrogens is 296 g/mol. The second kappa shape index (κ2) is 6.96. The highest BCUT2D eigenvalue weighted by Crippen LogP contribution is 2.38. The molecule has 0 amide bonds. The van der Waals surface area contributed by atoms with Gasteiger partial charge in [-0.05, 0) is 36.1 Å². The topological polar surface area (TPSA) is 38.5 Å². The molecule has 5 rings (SSSR count). The van der Waals surface area contributed by atoms with Crippen molar-refractivity contribution in [2.75, 3.05) is 6.54 Å². The van der Waals surface area contributed by atoms with Crippen molar-refractivity contribution >= 4 is 0 Å². The Balaban J connectivity index is 1.39. The monoisotopic (exact) mass is 322 g/mol. The largest absolute Gasteiger partial charge is 0.490 e. The number of benzene rings is 2. The molecule has 24 heavy (non-hydrogen) atoms. The molecule has 3 nitrogen and oxygen atoms in total. The van der Waals surface area contributed by atoms with Gasteiger partial charge in [-0.15, -0.1) is 0 Å². The highest BCUT2D eigenvalue weighted by Gasteiger charge is 2.41. The van der Waals surface area contributed by atoms with Crippen LogP contribution in [0.5, 0.6) is 5.75 Å². The molecule has 0 aromatic heterocycles. The lowest BCUT2D eigenvalue weighted by molar-refractivity contribution is -0.0407. The van der Waals surface area contributed by atoms with Gasteiger partial charge >= 0.3 is 0 Å². The molecule has 0 spiro atoms. The number of piperidine rings is 2. The highest BCUT2D eigenvalue weighted by atomic mass is 16.5. The summed E-state index contributed by atoms with van der Waals surface area (Å²) in [6.07, 6.45) is 4.11. The summed E-state index contributed by atoms with van der Waals surface area (Å²) in [7, 11) is 0. The second-order valence-corrected chi connectivity index (χ2v) is 7.15. The summed E-state index contributed by atoms with van der Waals surface area (Å²) < 4.78 is 6.32. The lowest BCUT2D eigenvalue weighted by Gasteiger charge is -2.49. The minimum absolute atomic E-state index is 0.361. The van der Waals surface area contributed by atoms with E-state index in [9.17, 15) is 0 Å². The first-order valence-corrected chi connectivity index (χ1v) is 9.05. The van der Waals surface area contributed by atoms with Crippen LogP contribution in [0.3, 0.4) is 0 Å². The van der Waals surface area contributed by atoms with Gasteiger partial charge in [-0.25, -0.2) is 0 Å². The van der Waals surface area contributed by atoms with Crippen LogP contribution in [0.4, 0.5) is 0 Å². The summed E-state index contributed by atoms with van der Waals surface area (Å²) in [5.74, 6) is 1.63. The molecule has 3 fully saturated rings. The van der Waals surface area contributed by atoms with Crippen LogP contribution in [0.1, 0.15) is 30.4 Å². The van der Waals surface area contributed by atoms with E-state index < -0.39 is 0 Å². The number of rotatable bonds is 5. The summed E-state index contributed by atoms with van der Waals surface area (Å²) in [6, 6.07) is 19.7. The van der Waals surface area contributed by atoms with Gasteiger partial charge in [-0.3, -0.25) is 4.90 Å². The van der Waals surface area contributed by atoms with Crippen LogP contribution in [-0.2, 0) is 13.1 Å². The van der Waals surface area contributed by atoms with Gasteiger partial charge in [0.15, 0.2) is 0 Å². The maximum absolute atomic E-state index is 6.32. The van der Waals surface area contributed by atoms with Crippen molar-refractivity contribution in [2.24, 2.45) is 11.7 Å². The number of ether oxygens (including phenoxy) is 1. The van der Waals surface area contributed by atoms with E-state index >= 15 is 0 Å². The fourth-order valence-corrected chi connectivity index (χ4v) is 4.20. The molecule has 2 aromatic rings. The quantitative estimate of drug-likeness (QED) is 0.914. The van der Waals surface area contributed by atoms with Gasteiger partial charge in [-0.2, -0.15) is 0 Å². The molecule has 2 heterocycles. The van der Waals surface area contributed by atoms with Crippen molar-refractivity contribution in [3.05, 3.63) is 65.7 Å². The van der Waals surface area contributed by atoms with E-state index in [1.165, 1.54) is 18.4 Å². The zero-order valence-electron chi connectivity index (χ0n) is 14.1. The van der Waals surface area contributed by atoms with E-state index in [2.05, 4.69) is 59.5 Å². The van der Waals surface area contributed by atoms with Crippen molar-refractivity contribution in [1.82, 2.24) is 4.90 Å². The average molecular weight is 322 g/mol. The van der Waals surface area contributed by atoms with Crippen molar-refractivity contribution in [2.45, 2.75) is 44.5 Å². The normalized spacial score (nSPS) is 26.5. The maximum Gasteiger partial charge on any atom is 0.119 e. The summed E-state index contributed by atoms with van der Waals surface area (Å²) in [5, 5.41) is 0. The third-order valence-corrected chi connectivity index (χ3v) is 5.56. The van der Waals surface area contributed by atoms with Crippen LogP contribution in [0.15, 0.2) is 54.6 Å². The molecule has 0 radical (unpaired) electrons. The Morgan fingerprint density at radius 3 is 2.42 bits per heavy atom. The van der Waals surface area contributed by atoms with Crippen LogP contribution in [0, 0.1) is 5.92 Å². The van der Waals surface area contributed by atoms with Crippen molar-refractivity contribution in [1.29, 1.82) is 0 Å². The standard InChI is InChI=1S/C21H26N2O/c22-13-16-6-10-20(11-7-16)24-21-12-19-9-8-18(21)15-23(19)14-17-4-2-1-3-5-17/h1-7,10-11,18-19,21H,8-9,12-15,22H2. The average Bonchev–Trinajstić information content (AvgIpc) is 2.64. The van der Waals surface area contributed by atoms with Crippen LogP contribution in [-0.4, -0.2) is 23.6 Å². The van der Waals surface area contributed by atoms with Crippen molar-refractivity contribution < 1.29 is 4.74 Å². The first kappa shape index (κ1) is 15.7. The summed E-state index contributed by atoms with van der Waals surface area (Å²) in [6.45, 7) is 2.81. The molecule has 2 aromatic carbocycles. The van der Waals surface area contributed by atoms with Crippen molar-refractivity contribution in [3.63, 3.8) is 0 Å². The molecule has 3 atom stereocenters. The number of nitrogens with two attached hydrogens (primary N) is 1. The Morgan fingerprint density at radius 1 is 0.958 bits per heavy atom. The summed E-state index contributed by atoms with van der Waals surface area (Å²) >= 11 is 0. The van der Waals surface area contributed by atoms with E-state index in [1.807, 2.05) is 0 Å². The van der Waals surface area contributed by atoms with Gasteiger partial charge in [0.2, 0.25) is 0 Å². The predicted octanol–water partition coefficient (Wildman–Crippen LogP) is 3.58. The number of fused-ring (bicyclic) bond motifs is 3. The lowest BCUT2D eigenvalue weighted by atomic mass is 9.77. The number of nitrogens with zero attached hydrogens (tertiary/aromatic N) is 1. The van der Waals surface area contributed by atoms with E-state index in [0.717, 1.165) is 30.8 Å². The predicted molar refractivity (Wildman–Crippen MR) is 96.7 cm³/mol. The Labute approximate surface area is 144 Å². The summed E-state index contributed by atoms with van der Waals surface area (Å²) in [5.41, 5.74) is 8.24. The van der Waals surface area contributed by atoms with E-state index in [0.29, 0.717) is 24.6 Å². The molecule has 1 aliphatic carbocycles. The SMILES string of the molecule is NCc1ccc(OC2CC3CCC2CN3Cc2ccccc2)cc1. The highest BCUT2D eigenvalue weighted by molar-refractivity contribution is 5.27. The first-order valence-electron chi connectivity index (χ1n) is 9.05. The van der Waals surface area contributed by atoms with Crippen LogP contribution >= 0.6 is 0 Å². The Kier molecular flexibility index (Phi) is 4.54. The Bertz CT molecular complexity index is 655. The third kappa shape index (κ3) is 3.33. The van der Waals surface area contributed by atoms with E-state index in [1.54, 1.807) is 0 Å². The molecule has 2 saturated heterocycles. The van der Waals surface area contributed by atoms with E-state index in [4.69, 9.17) is 10.5 Å². The molecule has 2 N–H and O–H groups in total. The first-order chi connectivity index (χ1) is 11.8. The van der Waals surface area contributed by atoms with E-state index in [-0.39, 0.29) is 0 Å². The fourth-order valence-electron chi connectivity index (χ4n) is 4.20.